The molecule has 0 atom stereocenters. The maximum atomic E-state index is 6.41. The Bertz CT molecular complexity index is 543. The minimum atomic E-state index is -0.357. The van der Waals surface area contributed by atoms with Gasteiger partial charge in [0.2, 0.25) is 5.89 Å². The largest absolute Gasteiger partial charge is 0.439 e. The predicted octanol–water partition coefficient (Wildman–Crippen LogP) is 3.71. The standard InChI is InChI=1S/C13H15BrN2O/c14-9-4-5-11-10(8-9)16-12(17-11)13(15)6-2-1-3-7-13/h4-5,8H,1-3,6-7,15H2. The van der Waals surface area contributed by atoms with E-state index < -0.39 is 0 Å². The number of fused-ring (bicyclic) bond motifs is 1. The van der Waals surface area contributed by atoms with Gasteiger partial charge in [-0.25, -0.2) is 4.98 Å². The molecule has 0 aliphatic heterocycles. The fourth-order valence-corrected chi connectivity index (χ4v) is 2.86. The van der Waals surface area contributed by atoms with Crippen molar-refractivity contribution in [1.29, 1.82) is 0 Å². The van der Waals surface area contributed by atoms with Crippen molar-refractivity contribution >= 4 is 27.0 Å². The van der Waals surface area contributed by atoms with E-state index in [1.54, 1.807) is 0 Å². The molecule has 2 aromatic rings. The van der Waals surface area contributed by atoms with Gasteiger partial charge in [-0.2, -0.15) is 0 Å². The van der Waals surface area contributed by atoms with Crippen LogP contribution < -0.4 is 5.73 Å². The molecule has 0 radical (unpaired) electrons. The summed E-state index contributed by atoms with van der Waals surface area (Å²) in [5.74, 6) is 0.699. The normalized spacial score (nSPS) is 19.6. The molecule has 0 amide bonds. The molecule has 1 fully saturated rings. The van der Waals surface area contributed by atoms with Gasteiger partial charge in [0.25, 0.3) is 0 Å². The molecule has 1 aliphatic rings. The lowest BCUT2D eigenvalue weighted by Gasteiger charge is -2.29. The first-order valence-electron chi connectivity index (χ1n) is 6.03. The third kappa shape index (κ3) is 2.00. The number of hydrogen-bond donors (Lipinski definition) is 1. The summed E-state index contributed by atoms with van der Waals surface area (Å²) in [5, 5.41) is 0. The second kappa shape index (κ2) is 4.10. The highest BCUT2D eigenvalue weighted by molar-refractivity contribution is 9.10. The lowest BCUT2D eigenvalue weighted by molar-refractivity contribution is 0.248. The zero-order valence-corrected chi connectivity index (χ0v) is 11.2. The minimum Gasteiger partial charge on any atom is -0.439 e. The third-order valence-corrected chi connectivity index (χ3v) is 4.01. The monoisotopic (exact) mass is 294 g/mol. The molecule has 90 valence electrons. The Morgan fingerprint density at radius 1 is 1.24 bits per heavy atom. The average Bonchev–Trinajstić information content (AvgIpc) is 2.73. The number of benzene rings is 1. The van der Waals surface area contributed by atoms with Crippen molar-refractivity contribution in [2.45, 2.75) is 37.6 Å². The molecule has 0 unspecified atom stereocenters. The van der Waals surface area contributed by atoms with E-state index in [1.165, 1.54) is 19.3 Å². The van der Waals surface area contributed by atoms with Crippen molar-refractivity contribution < 1.29 is 4.42 Å². The van der Waals surface area contributed by atoms with E-state index in [1.807, 2.05) is 18.2 Å². The van der Waals surface area contributed by atoms with Crippen molar-refractivity contribution in [2.24, 2.45) is 5.73 Å². The minimum absolute atomic E-state index is 0.357. The fourth-order valence-electron chi connectivity index (χ4n) is 2.51. The van der Waals surface area contributed by atoms with Gasteiger partial charge in [-0.1, -0.05) is 35.2 Å². The van der Waals surface area contributed by atoms with Crippen LogP contribution in [-0.2, 0) is 5.54 Å². The number of nitrogens with zero attached hydrogens (tertiary/aromatic N) is 1. The topological polar surface area (TPSA) is 52.0 Å². The van der Waals surface area contributed by atoms with E-state index in [2.05, 4.69) is 20.9 Å². The summed E-state index contributed by atoms with van der Waals surface area (Å²) in [6.45, 7) is 0. The van der Waals surface area contributed by atoms with Crippen LogP contribution in [0, 0.1) is 0 Å². The Morgan fingerprint density at radius 3 is 2.76 bits per heavy atom. The third-order valence-electron chi connectivity index (χ3n) is 3.52. The van der Waals surface area contributed by atoms with Crippen molar-refractivity contribution in [3.63, 3.8) is 0 Å². The first-order valence-corrected chi connectivity index (χ1v) is 6.82. The molecule has 4 heteroatoms. The van der Waals surface area contributed by atoms with Crippen LogP contribution in [0.4, 0.5) is 0 Å². The molecule has 1 aromatic carbocycles. The highest BCUT2D eigenvalue weighted by atomic mass is 79.9. The predicted molar refractivity (Wildman–Crippen MR) is 70.7 cm³/mol. The Balaban J connectivity index is 2.05. The van der Waals surface area contributed by atoms with Crippen molar-refractivity contribution in [1.82, 2.24) is 4.98 Å². The molecule has 1 heterocycles. The number of aromatic nitrogens is 1. The van der Waals surface area contributed by atoms with Gasteiger partial charge >= 0.3 is 0 Å². The Labute approximate surface area is 109 Å². The molecule has 0 spiro atoms. The van der Waals surface area contributed by atoms with Crippen LogP contribution in [0.15, 0.2) is 27.1 Å². The van der Waals surface area contributed by atoms with Crippen molar-refractivity contribution in [2.75, 3.05) is 0 Å². The molecule has 1 saturated carbocycles. The van der Waals surface area contributed by atoms with Crippen LogP contribution in [0.25, 0.3) is 11.1 Å². The lowest BCUT2D eigenvalue weighted by atomic mass is 9.82. The second-order valence-electron chi connectivity index (χ2n) is 4.85. The molecular formula is C13H15BrN2O. The van der Waals surface area contributed by atoms with Gasteiger partial charge in [0.05, 0.1) is 5.54 Å². The van der Waals surface area contributed by atoms with Gasteiger partial charge in [0, 0.05) is 4.47 Å². The van der Waals surface area contributed by atoms with E-state index in [-0.39, 0.29) is 5.54 Å². The van der Waals surface area contributed by atoms with Crippen molar-refractivity contribution in [3.8, 4) is 0 Å². The molecular weight excluding hydrogens is 280 g/mol. The Kier molecular flexibility index (Phi) is 2.71. The quantitative estimate of drug-likeness (QED) is 0.872. The van der Waals surface area contributed by atoms with Gasteiger partial charge in [-0.15, -0.1) is 0 Å². The number of nitrogens with two attached hydrogens (primary N) is 1. The maximum absolute atomic E-state index is 6.41. The SMILES string of the molecule is NC1(c2nc3cc(Br)ccc3o2)CCCCC1. The van der Waals surface area contributed by atoms with Crippen LogP contribution in [0.1, 0.15) is 38.0 Å². The van der Waals surface area contributed by atoms with Gasteiger partial charge in [0.15, 0.2) is 5.58 Å². The average molecular weight is 295 g/mol. The zero-order valence-electron chi connectivity index (χ0n) is 9.58. The van der Waals surface area contributed by atoms with E-state index in [4.69, 9.17) is 10.2 Å². The summed E-state index contributed by atoms with van der Waals surface area (Å²) < 4.78 is 6.82. The second-order valence-corrected chi connectivity index (χ2v) is 5.76. The first kappa shape index (κ1) is 11.2. The molecule has 0 saturated heterocycles. The Morgan fingerprint density at radius 2 is 2.00 bits per heavy atom. The molecule has 3 nitrogen and oxygen atoms in total. The maximum Gasteiger partial charge on any atom is 0.215 e. The summed E-state index contributed by atoms with van der Waals surface area (Å²) in [6.07, 6.45) is 5.55. The zero-order chi connectivity index (χ0) is 11.9. The Hall–Kier alpha value is -0.870. The van der Waals surface area contributed by atoms with Crippen molar-refractivity contribution in [3.05, 3.63) is 28.6 Å². The summed E-state index contributed by atoms with van der Waals surface area (Å²) in [5.41, 5.74) is 7.75. The number of rotatable bonds is 1. The summed E-state index contributed by atoms with van der Waals surface area (Å²) in [6, 6.07) is 5.86. The number of oxazole rings is 1. The fraction of sp³-hybridized carbons (Fsp3) is 0.462. The van der Waals surface area contributed by atoms with E-state index in [9.17, 15) is 0 Å². The summed E-state index contributed by atoms with van der Waals surface area (Å²) in [4.78, 5) is 4.55. The first-order chi connectivity index (χ1) is 8.17. The van der Waals surface area contributed by atoms with Gasteiger partial charge in [-0.05, 0) is 31.0 Å². The van der Waals surface area contributed by atoms with E-state index in [0.717, 1.165) is 28.4 Å². The molecule has 3 rings (SSSR count). The van der Waals surface area contributed by atoms with Crippen LogP contribution in [-0.4, -0.2) is 4.98 Å². The highest BCUT2D eigenvalue weighted by Gasteiger charge is 2.34. The van der Waals surface area contributed by atoms with Crippen LogP contribution in [0.3, 0.4) is 0 Å². The smallest absolute Gasteiger partial charge is 0.215 e. The van der Waals surface area contributed by atoms with Gasteiger partial charge < -0.3 is 10.2 Å². The van der Waals surface area contributed by atoms with E-state index >= 15 is 0 Å². The lowest BCUT2D eigenvalue weighted by Crippen LogP contribution is -2.38. The number of hydrogen-bond acceptors (Lipinski definition) is 3. The van der Waals surface area contributed by atoms with Gasteiger partial charge in [0.1, 0.15) is 5.52 Å². The van der Waals surface area contributed by atoms with Crippen LogP contribution in [0.5, 0.6) is 0 Å². The molecule has 1 aliphatic carbocycles. The van der Waals surface area contributed by atoms with E-state index in [0.29, 0.717) is 5.89 Å². The van der Waals surface area contributed by atoms with Crippen LogP contribution in [0.2, 0.25) is 0 Å². The molecule has 2 N–H and O–H groups in total. The van der Waals surface area contributed by atoms with Crippen LogP contribution >= 0.6 is 15.9 Å². The summed E-state index contributed by atoms with van der Waals surface area (Å²) in [7, 11) is 0. The molecule has 17 heavy (non-hydrogen) atoms. The summed E-state index contributed by atoms with van der Waals surface area (Å²) >= 11 is 3.44. The highest BCUT2D eigenvalue weighted by Crippen LogP contribution is 2.35. The van der Waals surface area contributed by atoms with Gasteiger partial charge in [-0.3, -0.25) is 0 Å². The molecule has 1 aromatic heterocycles. The molecule has 0 bridgehead atoms. The number of halogens is 1.